The molecule has 1 amide bonds. The maximum absolute atomic E-state index is 12.3. The average Bonchev–Trinajstić information content (AvgIpc) is 3.13. The van der Waals surface area contributed by atoms with Crippen LogP contribution in [0.15, 0.2) is 59.0 Å². The lowest BCUT2D eigenvalue weighted by molar-refractivity contribution is 0.0697. The highest BCUT2D eigenvalue weighted by Crippen LogP contribution is 2.25. The number of aromatic carboxylic acids is 1. The van der Waals surface area contributed by atoms with E-state index in [1.165, 1.54) is 24.3 Å². The van der Waals surface area contributed by atoms with Crippen LogP contribution in [0, 0.1) is 0 Å². The van der Waals surface area contributed by atoms with E-state index in [-0.39, 0.29) is 27.1 Å². The van der Waals surface area contributed by atoms with Gasteiger partial charge in [0.2, 0.25) is 0 Å². The lowest BCUT2D eigenvalue weighted by Gasteiger charge is -2.11. The van der Waals surface area contributed by atoms with E-state index in [2.05, 4.69) is 10.6 Å². The highest BCUT2D eigenvalue weighted by molar-refractivity contribution is 7.80. The number of amides is 1. The Bertz CT molecular complexity index is 1080. The molecule has 0 atom stereocenters. The lowest BCUT2D eigenvalue weighted by atomic mass is 10.2. The quantitative estimate of drug-likeness (QED) is 0.496. The summed E-state index contributed by atoms with van der Waals surface area (Å²) < 4.78 is 5.55. The van der Waals surface area contributed by atoms with Crippen molar-refractivity contribution < 1.29 is 19.1 Å². The molecule has 0 saturated carbocycles. The van der Waals surface area contributed by atoms with Crippen molar-refractivity contribution in [1.82, 2.24) is 5.32 Å². The minimum Gasteiger partial charge on any atom is -0.478 e. The standard InChI is InChI=1S/C19H12Cl2N2O4S/c20-11-3-1-2-10(8-11)15-6-7-16(27-15)17(24)23-19(28)22-14-5-4-12(21)9-13(14)18(25)26/h1-9H,(H,25,26)(H2,22,23,24,28). The molecule has 0 fully saturated rings. The van der Waals surface area contributed by atoms with Crippen LogP contribution < -0.4 is 10.6 Å². The third-order valence-electron chi connectivity index (χ3n) is 3.63. The Kier molecular flexibility index (Phi) is 5.99. The molecule has 0 aliphatic carbocycles. The Morgan fingerprint density at radius 3 is 2.46 bits per heavy atom. The van der Waals surface area contributed by atoms with Crippen molar-refractivity contribution in [1.29, 1.82) is 0 Å². The van der Waals surface area contributed by atoms with E-state index in [1.54, 1.807) is 30.3 Å². The summed E-state index contributed by atoms with van der Waals surface area (Å²) in [5.41, 5.74) is 0.839. The van der Waals surface area contributed by atoms with Crippen molar-refractivity contribution in [3.63, 3.8) is 0 Å². The summed E-state index contributed by atoms with van der Waals surface area (Å²) in [6, 6.07) is 14.4. The van der Waals surface area contributed by atoms with Crippen LogP contribution in [0.1, 0.15) is 20.9 Å². The highest BCUT2D eigenvalue weighted by atomic mass is 35.5. The number of hydrogen-bond donors (Lipinski definition) is 3. The second kappa shape index (κ2) is 8.43. The van der Waals surface area contributed by atoms with Crippen molar-refractivity contribution in [2.45, 2.75) is 0 Å². The summed E-state index contributed by atoms with van der Waals surface area (Å²) in [5, 5.41) is 15.1. The van der Waals surface area contributed by atoms with Crippen LogP contribution >= 0.6 is 35.4 Å². The first kappa shape index (κ1) is 19.9. The minimum absolute atomic E-state index is 0.0358. The molecule has 0 unspecified atom stereocenters. The summed E-state index contributed by atoms with van der Waals surface area (Å²) in [6.07, 6.45) is 0. The second-order valence-electron chi connectivity index (χ2n) is 5.58. The zero-order valence-corrected chi connectivity index (χ0v) is 16.4. The fourth-order valence-corrected chi connectivity index (χ4v) is 2.94. The molecule has 1 heterocycles. The van der Waals surface area contributed by atoms with Gasteiger partial charge in [0.05, 0.1) is 11.3 Å². The van der Waals surface area contributed by atoms with E-state index in [0.717, 1.165) is 5.56 Å². The molecule has 28 heavy (non-hydrogen) atoms. The number of carbonyl (C=O) groups excluding carboxylic acids is 1. The summed E-state index contributed by atoms with van der Waals surface area (Å²) in [7, 11) is 0. The van der Waals surface area contributed by atoms with Crippen molar-refractivity contribution >= 4 is 58.1 Å². The van der Waals surface area contributed by atoms with Gasteiger partial charge in [-0.05, 0) is 54.7 Å². The van der Waals surface area contributed by atoms with Crippen LogP contribution in [0.5, 0.6) is 0 Å². The third kappa shape index (κ3) is 4.69. The topological polar surface area (TPSA) is 91.6 Å². The number of benzene rings is 2. The van der Waals surface area contributed by atoms with Gasteiger partial charge in [0.1, 0.15) is 5.76 Å². The summed E-state index contributed by atoms with van der Waals surface area (Å²) >= 11 is 16.8. The van der Waals surface area contributed by atoms with Crippen LogP contribution in [0.25, 0.3) is 11.3 Å². The van der Waals surface area contributed by atoms with Gasteiger partial charge in [-0.15, -0.1) is 0 Å². The first-order valence-electron chi connectivity index (χ1n) is 7.84. The minimum atomic E-state index is -1.18. The molecule has 0 saturated heterocycles. The van der Waals surface area contributed by atoms with Crippen LogP contribution in [-0.4, -0.2) is 22.1 Å². The molecule has 0 aliphatic rings. The molecule has 0 spiro atoms. The molecule has 0 bridgehead atoms. The van der Waals surface area contributed by atoms with E-state index in [0.29, 0.717) is 10.8 Å². The van der Waals surface area contributed by atoms with Crippen molar-refractivity contribution in [2.75, 3.05) is 5.32 Å². The monoisotopic (exact) mass is 434 g/mol. The van der Waals surface area contributed by atoms with Gasteiger partial charge in [-0.25, -0.2) is 4.79 Å². The van der Waals surface area contributed by atoms with Gasteiger partial charge in [-0.3, -0.25) is 10.1 Å². The summed E-state index contributed by atoms with van der Waals surface area (Å²) in [6.45, 7) is 0. The van der Waals surface area contributed by atoms with Crippen LogP contribution in [-0.2, 0) is 0 Å². The molecule has 3 rings (SSSR count). The first-order valence-corrected chi connectivity index (χ1v) is 9.01. The van der Waals surface area contributed by atoms with Crippen LogP contribution in [0.3, 0.4) is 0 Å². The Hall–Kier alpha value is -2.87. The summed E-state index contributed by atoms with van der Waals surface area (Å²) in [5.74, 6) is -1.26. The molecule has 0 aliphatic heterocycles. The van der Waals surface area contributed by atoms with E-state index < -0.39 is 11.9 Å². The largest absolute Gasteiger partial charge is 0.478 e. The van der Waals surface area contributed by atoms with Gasteiger partial charge < -0.3 is 14.8 Å². The fraction of sp³-hybridized carbons (Fsp3) is 0. The first-order chi connectivity index (χ1) is 13.3. The van der Waals surface area contributed by atoms with Gasteiger partial charge in [0, 0.05) is 15.6 Å². The number of carboxylic acids is 1. The molecule has 3 aromatic rings. The molecular formula is C19H12Cl2N2O4S. The number of carbonyl (C=O) groups is 2. The number of furan rings is 1. The normalized spacial score (nSPS) is 10.4. The fourth-order valence-electron chi connectivity index (χ4n) is 2.38. The Labute approximate surface area is 175 Å². The molecule has 2 aromatic carbocycles. The zero-order chi connectivity index (χ0) is 20.3. The molecule has 0 radical (unpaired) electrons. The van der Waals surface area contributed by atoms with Crippen LogP contribution in [0.2, 0.25) is 10.0 Å². The number of thiocarbonyl (C=S) groups is 1. The molecule has 142 valence electrons. The number of nitrogens with one attached hydrogen (secondary N) is 2. The number of hydrogen-bond acceptors (Lipinski definition) is 4. The van der Waals surface area contributed by atoms with E-state index in [1.807, 2.05) is 0 Å². The zero-order valence-electron chi connectivity index (χ0n) is 14.0. The maximum atomic E-state index is 12.3. The van der Waals surface area contributed by atoms with Crippen molar-refractivity contribution in [3.8, 4) is 11.3 Å². The van der Waals surface area contributed by atoms with Crippen molar-refractivity contribution in [3.05, 3.63) is 76.0 Å². The molecule has 6 nitrogen and oxygen atoms in total. The Morgan fingerprint density at radius 1 is 1.00 bits per heavy atom. The Balaban J connectivity index is 1.70. The summed E-state index contributed by atoms with van der Waals surface area (Å²) in [4.78, 5) is 23.6. The van der Waals surface area contributed by atoms with Gasteiger partial charge in [-0.2, -0.15) is 0 Å². The second-order valence-corrected chi connectivity index (χ2v) is 6.86. The number of carboxylic acid groups (broad SMARTS) is 1. The Morgan fingerprint density at radius 2 is 1.75 bits per heavy atom. The molecule has 1 aromatic heterocycles. The molecule has 3 N–H and O–H groups in total. The van der Waals surface area contributed by atoms with E-state index >= 15 is 0 Å². The molecular weight excluding hydrogens is 423 g/mol. The van der Waals surface area contributed by atoms with E-state index in [4.69, 9.17) is 39.8 Å². The number of halogens is 2. The molecule has 9 heteroatoms. The maximum Gasteiger partial charge on any atom is 0.337 e. The number of anilines is 1. The van der Waals surface area contributed by atoms with Gasteiger partial charge >= 0.3 is 5.97 Å². The van der Waals surface area contributed by atoms with Gasteiger partial charge in [-0.1, -0.05) is 35.3 Å². The number of rotatable bonds is 4. The van der Waals surface area contributed by atoms with E-state index in [9.17, 15) is 14.7 Å². The smallest absolute Gasteiger partial charge is 0.337 e. The average molecular weight is 435 g/mol. The van der Waals surface area contributed by atoms with Gasteiger partial charge in [0.15, 0.2) is 10.9 Å². The highest BCUT2D eigenvalue weighted by Gasteiger charge is 2.16. The van der Waals surface area contributed by atoms with Crippen molar-refractivity contribution in [2.24, 2.45) is 0 Å². The van der Waals surface area contributed by atoms with Gasteiger partial charge in [0.25, 0.3) is 5.91 Å². The lowest BCUT2D eigenvalue weighted by Crippen LogP contribution is -2.34. The predicted octanol–water partition coefficient (Wildman–Crippen LogP) is 5.08. The predicted molar refractivity (Wildman–Crippen MR) is 111 cm³/mol. The SMILES string of the molecule is O=C(NC(=S)Nc1ccc(Cl)cc1C(=O)O)c1ccc(-c2cccc(Cl)c2)o1. The third-order valence-corrected chi connectivity index (χ3v) is 4.30. The van der Waals surface area contributed by atoms with Crippen LogP contribution in [0.4, 0.5) is 5.69 Å².